The Morgan fingerprint density at radius 3 is 2.56 bits per heavy atom. The Labute approximate surface area is 156 Å². The smallest absolute Gasteiger partial charge is 0.350 e. The van der Waals surface area contributed by atoms with Crippen molar-refractivity contribution in [2.45, 2.75) is 31.6 Å². The summed E-state index contributed by atoms with van der Waals surface area (Å²) >= 11 is 0. The highest BCUT2D eigenvalue weighted by Crippen LogP contribution is 2.47. The van der Waals surface area contributed by atoms with Crippen LogP contribution < -0.4 is 11.4 Å². The topological polar surface area (TPSA) is 103 Å². The fourth-order valence-electron chi connectivity index (χ4n) is 3.93. The molecule has 1 aromatic heterocycles. The Morgan fingerprint density at radius 1 is 1.22 bits per heavy atom. The van der Waals surface area contributed by atoms with Gasteiger partial charge in [-0.05, 0) is 37.8 Å². The molecule has 0 radical (unpaired) electrons. The van der Waals surface area contributed by atoms with Crippen molar-refractivity contribution in [3.05, 3.63) is 46.6 Å². The predicted octanol–water partition coefficient (Wildman–Crippen LogP) is 0.542. The molecule has 2 heterocycles. The summed E-state index contributed by atoms with van der Waals surface area (Å²) in [6, 6.07) is 9.37. The molecule has 0 unspecified atom stereocenters. The molecule has 1 aliphatic heterocycles. The molecule has 2 fully saturated rings. The van der Waals surface area contributed by atoms with Crippen molar-refractivity contribution in [1.82, 2.24) is 19.2 Å². The second-order valence-corrected chi connectivity index (χ2v) is 7.47. The van der Waals surface area contributed by atoms with Gasteiger partial charge in [-0.1, -0.05) is 18.2 Å². The van der Waals surface area contributed by atoms with Gasteiger partial charge in [-0.3, -0.25) is 9.59 Å². The molecule has 27 heavy (non-hydrogen) atoms. The number of carbonyl (C=O) groups excluding carboxylic acids is 2. The maximum absolute atomic E-state index is 12.9. The number of carbonyl (C=O) groups is 2. The molecular formula is C19H23N5O3. The molecule has 1 aromatic carbocycles. The van der Waals surface area contributed by atoms with E-state index in [4.69, 9.17) is 5.73 Å². The van der Waals surface area contributed by atoms with Crippen LogP contribution in [0.5, 0.6) is 0 Å². The lowest BCUT2D eigenvalue weighted by molar-refractivity contribution is -0.144. The largest absolute Gasteiger partial charge is 0.369 e. The van der Waals surface area contributed by atoms with E-state index in [1.54, 1.807) is 16.5 Å². The Balaban J connectivity index is 1.65. The number of rotatable bonds is 4. The normalized spacial score (nSPS) is 21.1. The van der Waals surface area contributed by atoms with Crippen molar-refractivity contribution < 1.29 is 9.59 Å². The minimum atomic E-state index is -1.01. The summed E-state index contributed by atoms with van der Waals surface area (Å²) in [5.74, 6) is -0.131. The molecule has 1 atom stereocenters. The second kappa shape index (κ2) is 6.37. The molecule has 8 heteroatoms. The molecule has 1 aliphatic carbocycles. The minimum absolute atomic E-state index is 0.0690. The quantitative estimate of drug-likeness (QED) is 0.795. The van der Waals surface area contributed by atoms with Crippen LogP contribution in [0.4, 0.5) is 0 Å². The molecule has 8 nitrogen and oxygen atoms in total. The van der Waals surface area contributed by atoms with Gasteiger partial charge < -0.3 is 10.6 Å². The average molecular weight is 369 g/mol. The van der Waals surface area contributed by atoms with Crippen LogP contribution in [-0.4, -0.2) is 44.2 Å². The minimum Gasteiger partial charge on any atom is -0.369 e. The van der Waals surface area contributed by atoms with Crippen LogP contribution >= 0.6 is 0 Å². The number of hydrogen-bond acceptors (Lipinski definition) is 4. The Hall–Kier alpha value is -2.90. The lowest BCUT2D eigenvalue weighted by atomic mass is 9.94. The van der Waals surface area contributed by atoms with Crippen molar-refractivity contribution in [2.24, 2.45) is 18.2 Å². The van der Waals surface area contributed by atoms with Gasteiger partial charge in [0.25, 0.3) is 0 Å². The molecule has 142 valence electrons. The SMILES string of the molecule is Cn1nc([C@H]2CCCN(C(=O)C3(C(N)=O)CC3)C2)n(-c2ccccc2)c1=O. The van der Waals surface area contributed by atoms with Gasteiger partial charge in [-0.15, -0.1) is 0 Å². The monoisotopic (exact) mass is 369 g/mol. The van der Waals surface area contributed by atoms with Gasteiger partial charge in [0.2, 0.25) is 11.8 Å². The van der Waals surface area contributed by atoms with Crippen LogP contribution in [0.3, 0.4) is 0 Å². The summed E-state index contributed by atoms with van der Waals surface area (Å²) in [5, 5.41) is 4.45. The third kappa shape index (κ3) is 2.85. The van der Waals surface area contributed by atoms with Crippen LogP contribution in [0.2, 0.25) is 0 Å². The number of likely N-dealkylation sites (tertiary alicyclic amines) is 1. The van der Waals surface area contributed by atoms with Crippen LogP contribution in [0.1, 0.15) is 37.4 Å². The fourth-order valence-corrected chi connectivity index (χ4v) is 3.93. The van der Waals surface area contributed by atoms with Crippen LogP contribution in [0.25, 0.3) is 5.69 Å². The number of aryl methyl sites for hydroxylation is 1. The van der Waals surface area contributed by atoms with Crippen LogP contribution in [-0.2, 0) is 16.6 Å². The van der Waals surface area contributed by atoms with E-state index in [9.17, 15) is 14.4 Å². The summed E-state index contributed by atoms with van der Waals surface area (Å²) in [6.45, 7) is 1.05. The number of hydrogen-bond donors (Lipinski definition) is 1. The number of nitrogens with zero attached hydrogens (tertiary/aromatic N) is 4. The highest BCUT2D eigenvalue weighted by molar-refractivity contribution is 6.07. The van der Waals surface area contributed by atoms with Gasteiger partial charge in [-0.2, -0.15) is 5.10 Å². The number of primary amides is 1. The summed E-state index contributed by atoms with van der Waals surface area (Å²) in [6.07, 6.45) is 2.68. The van der Waals surface area contributed by atoms with E-state index >= 15 is 0 Å². The van der Waals surface area contributed by atoms with Crippen molar-refractivity contribution in [3.63, 3.8) is 0 Å². The van der Waals surface area contributed by atoms with Crippen molar-refractivity contribution >= 4 is 11.8 Å². The first-order chi connectivity index (χ1) is 12.9. The third-order valence-electron chi connectivity index (χ3n) is 5.67. The number of piperidine rings is 1. The van der Waals surface area contributed by atoms with E-state index in [2.05, 4.69) is 5.10 Å². The van der Waals surface area contributed by atoms with Gasteiger partial charge in [-0.25, -0.2) is 14.0 Å². The van der Waals surface area contributed by atoms with Crippen molar-refractivity contribution in [2.75, 3.05) is 13.1 Å². The van der Waals surface area contributed by atoms with Gasteiger partial charge >= 0.3 is 5.69 Å². The van der Waals surface area contributed by atoms with Gasteiger partial charge in [0.1, 0.15) is 11.2 Å². The third-order valence-corrected chi connectivity index (χ3v) is 5.67. The summed E-state index contributed by atoms with van der Waals surface area (Å²) in [7, 11) is 1.63. The maximum atomic E-state index is 12.9. The highest BCUT2D eigenvalue weighted by atomic mass is 16.2. The first-order valence-electron chi connectivity index (χ1n) is 9.25. The number of nitrogens with two attached hydrogens (primary N) is 1. The second-order valence-electron chi connectivity index (χ2n) is 7.47. The lowest BCUT2D eigenvalue weighted by Crippen LogP contribution is -2.47. The summed E-state index contributed by atoms with van der Waals surface area (Å²) < 4.78 is 2.94. The van der Waals surface area contributed by atoms with Crippen molar-refractivity contribution in [1.29, 1.82) is 0 Å². The van der Waals surface area contributed by atoms with E-state index in [-0.39, 0.29) is 17.5 Å². The first-order valence-corrected chi connectivity index (χ1v) is 9.25. The van der Waals surface area contributed by atoms with E-state index in [1.807, 2.05) is 30.3 Å². The van der Waals surface area contributed by atoms with Gasteiger partial charge in [0, 0.05) is 26.1 Å². The van der Waals surface area contributed by atoms with Crippen molar-refractivity contribution in [3.8, 4) is 5.69 Å². The Kier molecular flexibility index (Phi) is 4.13. The number of aromatic nitrogens is 3. The van der Waals surface area contributed by atoms with E-state index in [0.717, 1.165) is 18.5 Å². The zero-order chi connectivity index (χ0) is 19.2. The molecule has 2 amide bonds. The van der Waals surface area contributed by atoms with Crippen LogP contribution in [0, 0.1) is 5.41 Å². The Bertz CT molecular complexity index is 942. The maximum Gasteiger partial charge on any atom is 0.350 e. The molecule has 1 saturated heterocycles. The van der Waals surface area contributed by atoms with E-state index in [1.165, 1.54) is 4.68 Å². The number of amides is 2. The molecule has 1 saturated carbocycles. The number of para-hydroxylation sites is 1. The molecular weight excluding hydrogens is 346 g/mol. The zero-order valence-corrected chi connectivity index (χ0v) is 15.3. The van der Waals surface area contributed by atoms with Gasteiger partial charge in [0.05, 0.1) is 5.69 Å². The van der Waals surface area contributed by atoms with E-state index in [0.29, 0.717) is 31.8 Å². The molecule has 0 bridgehead atoms. The molecule has 4 rings (SSSR count). The molecule has 2 N–H and O–H groups in total. The average Bonchev–Trinajstić information content (AvgIpc) is 3.44. The molecule has 2 aromatic rings. The summed E-state index contributed by atoms with van der Waals surface area (Å²) in [4.78, 5) is 38.9. The molecule has 2 aliphatic rings. The standard InChI is InChI=1S/C19H23N5O3/c1-22-18(27)24(14-7-3-2-4-8-14)15(21-22)13-6-5-11-23(12-13)17(26)19(9-10-19)16(20)25/h2-4,7-8,13H,5-6,9-12H2,1H3,(H2,20,25)/t13-/m0/s1. The van der Waals surface area contributed by atoms with Gasteiger partial charge in [0.15, 0.2) is 0 Å². The number of benzene rings is 1. The van der Waals surface area contributed by atoms with E-state index < -0.39 is 11.3 Å². The van der Waals surface area contributed by atoms with Crippen LogP contribution in [0.15, 0.2) is 35.1 Å². The zero-order valence-electron chi connectivity index (χ0n) is 15.3. The highest BCUT2D eigenvalue weighted by Gasteiger charge is 2.57. The Morgan fingerprint density at radius 2 is 1.93 bits per heavy atom. The fraction of sp³-hybridized carbons (Fsp3) is 0.474. The predicted molar refractivity (Wildman–Crippen MR) is 98.2 cm³/mol. The summed E-state index contributed by atoms with van der Waals surface area (Å²) in [5.41, 5.74) is 4.99. The first kappa shape index (κ1) is 17.5. The lowest BCUT2D eigenvalue weighted by Gasteiger charge is -2.34. The molecule has 0 spiro atoms.